The molecule has 10 heteroatoms. The molecule has 0 aromatic heterocycles. The van der Waals surface area contributed by atoms with Crippen molar-refractivity contribution in [3.8, 4) is 28.7 Å². The molecule has 9 nitrogen and oxygen atoms in total. The van der Waals surface area contributed by atoms with Gasteiger partial charge in [0, 0.05) is 12.1 Å². The minimum absolute atomic E-state index is 0.0277. The molecule has 0 unspecified atom stereocenters. The van der Waals surface area contributed by atoms with Gasteiger partial charge >= 0.3 is 10.4 Å². The van der Waals surface area contributed by atoms with E-state index in [-0.39, 0.29) is 11.5 Å². The predicted octanol–water partition coefficient (Wildman–Crippen LogP) is 1.89. The molecule has 0 amide bonds. The van der Waals surface area contributed by atoms with Gasteiger partial charge < -0.3 is 24.2 Å². The lowest BCUT2D eigenvalue weighted by molar-refractivity contribution is 0.104. The average molecular weight is 382 g/mol. The molecule has 0 bridgehead atoms. The van der Waals surface area contributed by atoms with E-state index < -0.39 is 39.0 Å². The smallest absolute Gasteiger partial charge is 0.446 e. The first kappa shape index (κ1) is 19.1. The minimum Gasteiger partial charge on any atom is -0.508 e. The van der Waals surface area contributed by atoms with Crippen molar-refractivity contribution in [1.82, 2.24) is 0 Å². The Morgan fingerprint density at radius 1 is 1.04 bits per heavy atom. The number of ether oxygens (including phenoxy) is 1. The van der Waals surface area contributed by atoms with E-state index in [2.05, 4.69) is 4.18 Å². The van der Waals surface area contributed by atoms with E-state index >= 15 is 0 Å². The van der Waals surface area contributed by atoms with Crippen LogP contribution in [-0.2, 0) is 10.4 Å². The Hall–Kier alpha value is -3.24. The number of ketones is 1. The van der Waals surface area contributed by atoms with Gasteiger partial charge in [-0.3, -0.25) is 9.35 Å². The molecule has 0 aliphatic heterocycles. The highest BCUT2D eigenvalue weighted by Gasteiger charge is 2.16. The summed E-state index contributed by atoms with van der Waals surface area (Å²) in [6.07, 6.45) is 2.26. The van der Waals surface area contributed by atoms with Gasteiger partial charge in [0.15, 0.2) is 17.3 Å². The zero-order valence-electron chi connectivity index (χ0n) is 13.3. The van der Waals surface area contributed by atoms with Crippen LogP contribution < -0.4 is 8.92 Å². The molecule has 138 valence electrons. The van der Waals surface area contributed by atoms with Gasteiger partial charge in [-0.15, -0.1) is 0 Å². The molecule has 0 aliphatic carbocycles. The van der Waals surface area contributed by atoms with Crippen LogP contribution in [0.4, 0.5) is 0 Å². The molecule has 0 saturated carbocycles. The summed E-state index contributed by atoms with van der Waals surface area (Å²) in [5.74, 6) is -2.68. The highest BCUT2D eigenvalue weighted by Crippen LogP contribution is 2.33. The minimum atomic E-state index is -4.78. The number of hydrogen-bond acceptors (Lipinski definition) is 8. The van der Waals surface area contributed by atoms with Crippen LogP contribution in [0.2, 0.25) is 0 Å². The Kier molecular flexibility index (Phi) is 5.38. The van der Waals surface area contributed by atoms with Crippen molar-refractivity contribution in [3.05, 3.63) is 47.5 Å². The van der Waals surface area contributed by atoms with Gasteiger partial charge in [-0.05, 0) is 23.8 Å². The first-order chi connectivity index (χ1) is 12.1. The Bertz CT molecular complexity index is 954. The molecule has 0 spiro atoms. The molecule has 2 aromatic rings. The van der Waals surface area contributed by atoms with Gasteiger partial charge in [0.2, 0.25) is 0 Å². The van der Waals surface area contributed by atoms with E-state index in [0.717, 1.165) is 18.2 Å². The lowest BCUT2D eigenvalue weighted by atomic mass is 10.1. The molecule has 0 saturated heterocycles. The van der Waals surface area contributed by atoms with Crippen LogP contribution in [0.3, 0.4) is 0 Å². The van der Waals surface area contributed by atoms with E-state index in [9.17, 15) is 28.5 Å². The quantitative estimate of drug-likeness (QED) is 0.333. The van der Waals surface area contributed by atoms with E-state index in [4.69, 9.17) is 9.29 Å². The number of carbonyl (C=O) groups is 1. The number of aromatic hydroxyl groups is 3. The van der Waals surface area contributed by atoms with Gasteiger partial charge in [-0.2, -0.15) is 8.42 Å². The van der Waals surface area contributed by atoms with Crippen molar-refractivity contribution < 1.29 is 42.0 Å². The van der Waals surface area contributed by atoms with Gasteiger partial charge in [0.25, 0.3) is 0 Å². The van der Waals surface area contributed by atoms with Gasteiger partial charge in [-0.25, -0.2) is 0 Å². The average Bonchev–Trinajstić information content (AvgIpc) is 2.50. The first-order valence-corrected chi connectivity index (χ1v) is 8.29. The van der Waals surface area contributed by atoms with Crippen LogP contribution >= 0.6 is 0 Å². The summed E-state index contributed by atoms with van der Waals surface area (Å²) in [6, 6.07) is 5.79. The van der Waals surface area contributed by atoms with Crippen LogP contribution in [0.5, 0.6) is 28.7 Å². The van der Waals surface area contributed by atoms with E-state index in [1.54, 1.807) is 0 Å². The fourth-order valence-electron chi connectivity index (χ4n) is 2.08. The van der Waals surface area contributed by atoms with Crippen molar-refractivity contribution >= 4 is 22.3 Å². The summed E-state index contributed by atoms with van der Waals surface area (Å²) >= 11 is 0. The highest BCUT2D eigenvalue weighted by molar-refractivity contribution is 7.81. The number of methoxy groups -OCH3 is 1. The largest absolute Gasteiger partial charge is 0.508 e. The standard InChI is InChI=1S/C16H14O9S/c1-24-14-5-3-9(6-15(14)25-26(21,22)23)2-4-11(18)16-12(19)7-10(17)8-13(16)20/h2-8,17,19-20H,1H3,(H,21,22,23). The molecule has 2 aromatic carbocycles. The van der Waals surface area contributed by atoms with Crippen molar-refractivity contribution in [2.24, 2.45) is 0 Å². The Morgan fingerprint density at radius 3 is 2.19 bits per heavy atom. The molecule has 0 heterocycles. The lowest BCUT2D eigenvalue weighted by Gasteiger charge is -2.08. The summed E-state index contributed by atoms with van der Waals surface area (Å²) in [4.78, 5) is 12.1. The monoisotopic (exact) mass is 382 g/mol. The maximum absolute atomic E-state index is 12.1. The van der Waals surface area contributed by atoms with Gasteiger partial charge in [0.1, 0.15) is 22.8 Å². The molecule has 0 aliphatic rings. The summed E-state index contributed by atoms with van der Waals surface area (Å²) in [6.45, 7) is 0. The number of benzene rings is 2. The molecule has 2 rings (SSSR count). The number of carbonyl (C=O) groups excluding carboxylic acids is 1. The first-order valence-electron chi connectivity index (χ1n) is 6.93. The summed E-state index contributed by atoms with van der Waals surface area (Å²) < 4.78 is 39.8. The predicted molar refractivity (Wildman–Crippen MR) is 90.0 cm³/mol. The van der Waals surface area contributed by atoms with Crippen molar-refractivity contribution in [3.63, 3.8) is 0 Å². The second-order valence-electron chi connectivity index (χ2n) is 4.98. The maximum atomic E-state index is 12.1. The van der Waals surface area contributed by atoms with Crippen molar-refractivity contribution in [2.75, 3.05) is 7.11 Å². The molecule has 26 heavy (non-hydrogen) atoms. The van der Waals surface area contributed by atoms with Crippen molar-refractivity contribution in [1.29, 1.82) is 0 Å². The Balaban J connectivity index is 2.33. The van der Waals surface area contributed by atoms with Crippen LogP contribution in [0.1, 0.15) is 15.9 Å². The molecule has 0 fully saturated rings. The van der Waals surface area contributed by atoms with Gasteiger partial charge in [-0.1, -0.05) is 12.1 Å². The maximum Gasteiger partial charge on any atom is 0.446 e. The second kappa shape index (κ2) is 7.33. The third-order valence-corrected chi connectivity index (χ3v) is 3.53. The van der Waals surface area contributed by atoms with E-state index in [0.29, 0.717) is 5.56 Å². The van der Waals surface area contributed by atoms with Gasteiger partial charge in [0.05, 0.1) is 7.11 Å². The second-order valence-corrected chi connectivity index (χ2v) is 6.00. The lowest BCUT2D eigenvalue weighted by Crippen LogP contribution is -2.07. The van der Waals surface area contributed by atoms with E-state index in [1.165, 1.54) is 31.4 Å². The fourth-order valence-corrected chi connectivity index (χ4v) is 2.44. The number of phenols is 3. The number of rotatable bonds is 6. The van der Waals surface area contributed by atoms with E-state index in [1.807, 2.05) is 0 Å². The molecular formula is C16H14O9S. The zero-order valence-corrected chi connectivity index (χ0v) is 14.1. The number of allylic oxidation sites excluding steroid dienone is 1. The number of phenolic OH excluding ortho intramolecular Hbond substituents is 3. The molecular weight excluding hydrogens is 368 g/mol. The Morgan fingerprint density at radius 2 is 1.65 bits per heavy atom. The third-order valence-electron chi connectivity index (χ3n) is 3.14. The Labute approximate surface area is 148 Å². The fraction of sp³-hybridized carbons (Fsp3) is 0.0625. The molecule has 0 radical (unpaired) electrons. The third kappa shape index (κ3) is 4.65. The van der Waals surface area contributed by atoms with Crippen LogP contribution in [0.15, 0.2) is 36.4 Å². The number of hydrogen-bond donors (Lipinski definition) is 4. The topological polar surface area (TPSA) is 151 Å². The molecule has 0 atom stereocenters. The van der Waals surface area contributed by atoms with Crippen LogP contribution in [0, 0.1) is 0 Å². The highest BCUT2D eigenvalue weighted by atomic mass is 32.3. The zero-order chi connectivity index (χ0) is 19.5. The van der Waals surface area contributed by atoms with Crippen LogP contribution in [-0.4, -0.2) is 41.2 Å². The summed E-state index contributed by atoms with van der Waals surface area (Å²) in [5, 5.41) is 28.6. The van der Waals surface area contributed by atoms with Crippen LogP contribution in [0.25, 0.3) is 6.08 Å². The SMILES string of the molecule is COc1ccc(C=CC(=O)c2c(O)cc(O)cc2O)cc1OS(=O)(=O)O. The molecule has 4 N–H and O–H groups in total. The summed E-state index contributed by atoms with van der Waals surface area (Å²) in [7, 11) is -3.51. The van der Waals surface area contributed by atoms with Crippen molar-refractivity contribution in [2.45, 2.75) is 0 Å². The normalized spacial score (nSPS) is 11.5. The summed E-state index contributed by atoms with van der Waals surface area (Å²) in [5.41, 5.74) is -0.113.